The molecule has 0 aliphatic rings. The van der Waals surface area contributed by atoms with Gasteiger partial charge in [0.05, 0.1) is 12.6 Å². The first-order chi connectivity index (χ1) is 5.93. The van der Waals surface area contributed by atoms with Crippen LogP contribution in [-0.2, 0) is 4.79 Å². The van der Waals surface area contributed by atoms with Gasteiger partial charge in [-0.05, 0) is 21.0 Å². The predicted molar refractivity (Wildman–Crippen MR) is 51.2 cm³/mol. The summed E-state index contributed by atoms with van der Waals surface area (Å²) in [5.74, 6) is -0.0823. The van der Waals surface area contributed by atoms with Crippen LogP contribution in [0.5, 0.6) is 0 Å². The predicted octanol–water partition coefficient (Wildman–Crippen LogP) is -1.63. The summed E-state index contributed by atoms with van der Waals surface area (Å²) in [6, 6.07) is -0.397. The van der Waals surface area contributed by atoms with Crippen LogP contribution in [0.2, 0.25) is 0 Å². The van der Waals surface area contributed by atoms with E-state index in [9.17, 15) is 4.79 Å². The van der Waals surface area contributed by atoms with E-state index in [1.54, 1.807) is 11.8 Å². The van der Waals surface area contributed by atoms with Gasteiger partial charge in [-0.2, -0.15) is 0 Å². The van der Waals surface area contributed by atoms with E-state index >= 15 is 0 Å². The Hall–Kier alpha value is -0.650. The van der Waals surface area contributed by atoms with Crippen molar-refractivity contribution in [3.05, 3.63) is 0 Å². The smallest absolute Gasteiger partial charge is 0.234 e. The molecule has 4 N–H and O–H groups in total. The van der Waals surface area contributed by atoms with Crippen molar-refractivity contribution in [1.29, 1.82) is 0 Å². The summed E-state index contributed by atoms with van der Waals surface area (Å²) < 4.78 is 0. The van der Waals surface area contributed by atoms with E-state index in [1.165, 1.54) is 0 Å². The van der Waals surface area contributed by atoms with Gasteiger partial charge < -0.3 is 21.1 Å². The van der Waals surface area contributed by atoms with Crippen LogP contribution in [0.25, 0.3) is 0 Å². The van der Waals surface area contributed by atoms with Gasteiger partial charge in [-0.3, -0.25) is 4.79 Å². The lowest BCUT2D eigenvalue weighted by molar-refractivity contribution is -0.121. The highest BCUT2D eigenvalue weighted by atomic mass is 16.3. The standard InChI is InChI=1S/C8H19N3O2/c1-6(12)7(9)4-10-8(13)5-11(2)3/h6-7,12H,4-5,9H2,1-3H3,(H,10,13). The molecule has 0 rings (SSSR count). The Labute approximate surface area is 78.9 Å². The van der Waals surface area contributed by atoms with Crippen molar-refractivity contribution in [3.8, 4) is 0 Å². The number of nitrogens with one attached hydrogen (secondary N) is 1. The van der Waals surface area contributed by atoms with Crippen LogP contribution in [0.3, 0.4) is 0 Å². The quantitative estimate of drug-likeness (QED) is 0.485. The number of hydrogen-bond acceptors (Lipinski definition) is 4. The normalized spacial score (nSPS) is 15.5. The zero-order valence-electron chi connectivity index (χ0n) is 8.45. The van der Waals surface area contributed by atoms with Crippen molar-refractivity contribution < 1.29 is 9.90 Å². The molecule has 1 amide bonds. The molecule has 0 aromatic carbocycles. The summed E-state index contributed by atoms with van der Waals surface area (Å²) >= 11 is 0. The highest BCUT2D eigenvalue weighted by molar-refractivity contribution is 5.77. The molecule has 0 saturated heterocycles. The second-order valence-electron chi connectivity index (χ2n) is 3.45. The molecular weight excluding hydrogens is 170 g/mol. The Balaban J connectivity index is 3.58. The molecule has 13 heavy (non-hydrogen) atoms. The van der Waals surface area contributed by atoms with E-state index in [4.69, 9.17) is 10.8 Å². The number of amides is 1. The fraction of sp³-hybridized carbons (Fsp3) is 0.875. The lowest BCUT2D eigenvalue weighted by atomic mass is 10.2. The second-order valence-corrected chi connectivity index (χ2v) is 3.45. The number of nitrogens with zero attached hydrogens (tertiary/aromatic N) is 1. The maximum absolute atomic E-state index is 11.1. The molecular formula is C8H19N3O2. The van der Waals surface area contributed by atoms with E-state index in [2.05, 4.69) is 5.32 Å². The SMILES string of the molecule is CC(O)C(N)CNC(=O)CN(C)C. The van der Waals surface area contributed by atoms with Gasteiger partial charge in [-0.15, -0.1) is 0 Å². The van der Waals surface area contributed by atoms with Crippen LogP contribution < -0.4 is 11.1 Å². The minimum atomic E-state index is -0.598. The van der Waals surface area contributed by atoms with E-state index < -0.39 is 12.1 Å². The molecule has 2 atom stereocenters. The summed E-state index contributed by atoms with van der Waals surface area (Å²) in [6.07, 6.45) is -0.598. The topological polar surface area (TPSA) is 78.6 Å². The molecule has 5 nitrogen and oxygen atoms in total. The Kier molecular flexibility index (Phi) is 5.61. The van der Waals surface area contributed by atoms with Crippen LogP contribution in [0.15, 0.2) is 0 Å². The number of aliphatic hydroxyl groups excluding tert-OH is 1. The third-order valence-corrected chi connectivity index (χ3v) is 1.61. The summed E-state index contributed by atoms with van der Waals surface area (Å²) in [5.41, 5.74) is 5.52. The van der Waals surface area contributed by atoms with Gasteiger partial charge in [0.2, 0.25) is 5.91 Å². The molecule has 5 heteroatoms. The summed E-state index contributed by atoms with van der Waals surface area (Å²) in [7, 11) is 3.63. The van der Waals surface area contributed by atoms with Gasteiger partial charge in [0.15, 0.2) is 0 Å². The maximum atomic E-state index is 11.1. The fourth-order valence-electron chi connectivity index (χ4n) is 0.745. The molecule has 0 aliphatic carbocycles. The first kappa shape index (κ1) is 12.3. The minimum absolute atomic E-state index is 0.0823. The number of rotatable bonds is 5. The third kappa shape index (κ3) is 6.51. The Morgan fingerprint density at radius 1 is 1.62 bits per heavy atom. The van der Waals surface area contributed by atoms with Crippen molar-refractivity contribution in [2.45, 2.75) is 19.1 Å². The number of aliphatic hydroxyl groups is 1. The highest BCUT2D eigenvalue weighted by Gasteiger charge is 2.10. The maximum Gasteiger partial charge on any atom is 0.234 e. The first-order valence-corrected chi connectivity index (χ1v) is 4.28. The number of carbonyl (C=O) groups is 1. The van der Waals surface area contributed by atoms with E-state index in [0.717, 1.165) is 0 Å². The average Bonchev–Trinajstić information content (AvgIpc) is 1.98. The van der Waals surface area contributed by atoms with E-state index in [1.807, 2.05) is 14.1 Å². The molecule has 78 valence electrons. The van der Waals surface area contributed by atoms with Gasteiger partial charge in [0.1, 0.15) is 0 Å². The Morgan fingerprint density at radius 3 is 2.54 bits per heavy atom. The third-order valence-electron chi connectivity index (χ3n) is 1.61. The minimum Gasteiger partial charge on any atom is -0.392 e. The van der Waals surface area contributed by atoms with Crippen molar-refractivity contribution in [1.82, 2.24) is 10.2 Å². The van der Waals surface area contributed by atoms with Crippen LogP contribution in [0.1, 0.15) is 6.92 Å². The van der Waals surface area contributed by atoms with Crippen LogP contribution >= 0.6 is 0 Å². The van der Waals surface area contributed by atoms with Crippen molar-refractivity contribution in [2.24, 2.45) is 5.73 Å². The zero-order valence-corrected chi connectivity index (χ0v) is 8.45. The zero-order chi connectivity index (χ0) is 10.4. The van der Waals surface area contributed by atoms with Gasteiger partial charge in [0.25, 0.3) is 0 Å². The molecule has 0 bridgehead atoms. The lowest BCUT2D eigenvalue weighted by Gasteiger charge is -2.16. The first-order valence-electron chi connectivity index (χ1n) is 4.28. The summed E-state index contributed by atoms with van der Waals surface area (Å²) in [5, 5.41) is 11.7. The largest absolute Gasteiger partial charge is 0.392 e. The summed E-state index contributed by atoms with van der Waals surface area (Å²) in [6.45, 7) is 2.25. The fourth-order valence-corrected chi connectivity index (χ4v) is 0.745. The molecule has 0 radical (unpaired) electrons. The molecule has 0 heterocycles. The van der Waals surface area contributed by atoms with E-state index in [0.29, 0.717) is 13.1 Å². The number of nitrogens with two attached hydrogens (primary N) is 1. The van der Waals surface area contributed by atoms with Gasteiger partial charge in [0, 0.05) is 12.6 Å². The molecule has 0 fully saturated rings. The molecule has 0 saturated carbocycles. The summed E-state index contributed by atoms with van der Waals surface area (Å²) in [4.78, 5) is 12.9. The number of hydrogen-bond donors (Lipinski definition) is 3. The average molecular weight is 189 g/mol. The van der Waals surface area contributed by atoms with Crippen LogP contribution in [0, 0.1) is 0 Å². The van der Waals surface area contributed by atoms with E-state index in [-0.39, 0.29) is 5.91 Å². The Morgan fingerprint density at radius 2 is 2.15 bits per heavy atom. The molecule has 0 spiro atoms. The van der Waals surface area contributed by atoms with Crippen molar-refractivity contribution in [3.63, 3.8) is 0 Å². The lowest BCUT2D eigenvalue weighted by Crippen LogP contribution is -2.45. The molecule has 2 unspecified atom stereocenters. The van der Waals surface area contributed by atoms with Crippen LogP contribution in [-0.4, -0.2) is 55.2 Å². The van der Waals surface area contributed by atoms with Crippen molar-refractivity contribution in [2.75, 3.05) is 27.2 Å². The second kappa shape index (κ2) is 5.90. The van der Waals surface area contributed by atoms with Crippen molar-refractivity contribution >= 4 is 5.91 Å². The number of likely N-dealkylation sites (N-methyl/N-ethyl adjacent to an activating group) is 1. The molecule has 0 aliphatic heterocycles. The molecule has 0 aromatic heterocycles. The molecule has 0 aromatic rings. The number of carbonyl (C=O) groups excluding carboxylic acids is 1. The van der Waals surface area contributed by atoms with Gasteiger partial charge >= 0.3 is 0 Å². The Bertz CT molecular complexity index is 159. The monoisotopic (exact) mass is 189 g/mol. The van der Waals surface area contributed by atoms with Gasteiger partial charge in [-0.1, -0.05) is 0 Å². The van der Waals surface area contributed by atoms with Crippen LogP contribution in [0.4, 0.5) is 0 Å². The highest BCUT2D eigenvalue weighted by Crippen LogP contribution is 1.85. The van der Waals surface area contributed by atoms with Gasteiger partial charge in [-0.25, -0.2) is 0 Å².